The Labute approximate surface area is 69.9 Å². The van der Waals surface area contributed by atoms with Crippen molar-refractivity contribution in [3.63, 3.8) is 0 Å². The van der Waals surface area contributed by atoms with E-state index in [9.17, 15) is 4.79 Å². The molecular weight excluding hydrogens is 150 g/mol. The fourth-order valence-corrected chi connectivity index (χ4v) is 1.08. The molecule has 0 unspecified atom stereocenters. The maximum atomic E-state index is 10.4. The summed E-state index contributed by atoms with van der Waals surface area (Å²) in [5.74, 6) is 0. The number of pyridine rings is 1. The number of carbonyl (C=O) groups is 1. The third kappa shape index (κ3) is 1.07. The van der Waals surface area contributed by atoms with Gasteiger partial charge in [-0.1, -0.05) is 18.2 Å². The summed E-state index contributed by atoms with van der Waals surface area (Å²) in [5, 5.41) is 0.877. The summed E-state index contributed by atoms with van der Waals surface area (Å²) < 4.78 is 0. The molecule has 0 aliphatic heterocycles. The second-order valence-electron chi connectivity index (χ2n) is 2.47. The number of hydrogen-bond acceptors (Lipinski definition) is 2. The molecule has 0 aliphatic rings. The lowest BCUT2D eigenvalue weighted by Crippen LogP contribution is -1.84. The molecule has 2 rings (SSSR count). The summed E-state index contributed by atoms with van der Waals surface area (Å²) in [7, 11) is 0. The van der Waals surface area contributed by atoms with E-state index in [0.29, 0.717) is 5.56 Å². The van der Waals surface area contributed by atoms with Gasteiger partial charge in [0.15, 0.2) is 6.29 Å². The molecule has 2 nitrogen and oxygen atoms in total. The smallest absolute Gasteiger partial charge is 0.152 e. The second kappa shape index (κ2) is 2.74. The minimum absolute atomic E-state index is 0.494. The predicted molar refractivity (Wildman–Crippen MR) is 46.0 cm³/mol. The van der Waals surface area contributed by atoms with Crippen molar-refractivity contribution < 1.29 is 4.79 Å². The maximum absolute atomic E-state index is 10.4. The second-order valence-corrected chi connectivity index (χ2v) is 2.47. The Bertz CT molecular complexity index is 423. The van der Waals surface area contributed by atoms with Gasteiger partial charge in [-0.2, -0.15) is 0 Å². The van der Waals surface area contributed by atoms with Crippen LogP contribution >= 0.6 is 0 Å². The van der Waals surface area contributed by atoms with Crippen LogP contribution in [0.2, 0.25) is 0 Å². The summed E-state index contributed by atoms with van der Waals surface area (Å²) in [6.45, 7) is 0. The van der Waals surface area contributed by atoms with Gasteiger partial charge in [0, 0.05) is 23.2 Å². The highest BCUT2D eigenvalue weighted by Crippen LogP contribution is 2.10. The van der Waals surface area contributed by atoms with Gasteiger partial charge < -0.3 is 0 Å². The number of hydrogen-bond donors (Lipinski definition) is 0. The minimum Gasteiger partial charge on any atom is -0.298 e. The number of rotatable bonds is 1. The highest BCUT2D eigenvalue weighted by atomic mass is 16.1. The van der Waals surface area contributed by atoms with Gasteiger partial charge in [0.05, 0.1) is 5.52 Å². The standard InChI is InChI=1S/C10H6NO/c12-7-8-5-9-3-1-2-4-10(9)11-6-8/h1-4,6-7H. The molecule has 0 aliphatic carbocycles. The number of nitrogens with zero attached hydrogens (tertiary/aromatic N) is 1. The third-order valence-corrected chi connectivity index (χ3v) is 1.65. The Morgan fingerprint density at radius 3 is 3.00 bits per heavy atom. The van der Waals surface area contributed by atoms with Gasteiger partial charge in [0.1, 0.15) is 0 Å². The van der Waals surface area contributed by atoms with Crippen LogP contribution in [0.3, 0.4) is 0 Å². The molecule has 2 heteroatoms. The van der Waals surface area contributed by atoms with E-state index in [2.05, 4.69) is 11.1 Å². The van der Waals surface area contributed by atoms with Gasteiger partial charge in [0.2, 0.25) is 0 Å². The zero-order valence-corrected chi connectivity index (χ0v) is 6.32. The first-order valence-corrected chi connectivity index (χ1v) is 3.62. The van der Waals surface area contributed by atoms with Gasteiger partial charge in [-0.3, -0.25) is 9.78 Å². The van der Waals surface area contributed by atoms with Crippen LogP contribution in [-0.2, 0) is 0 Å². The van der Waals surface area contributed by atoms with E-state index in [-0.39, 0.29) is 0 Å². The summed E-state index contributed by atoms with van der Waals surface area (Å²) in [6, 6.07) is 10.5. The first kappa shape index (κ1) is 6.98. The Hall–Kier alpha value is -1.70. The molecule has 1 radical (unpaired) electrons. The van der Waals surface area contributed by atoms with Crippen LogP contribution < -0.4 is 0 Å². The molecule has 57 valence electrons. The van der Waals surface area contributed by atoms with Crippen LogP contribution in [0.25, 0.3) is 10.9 Å². The molecule has 0 saturated heterocycles. The summed E-state index contributed by atoms with van der Waals surface area (Å²) >= 11 is 0. The highest BCUT2D eigenvalue weighted by Gasteiger charge is 1.94. The van der Waals surface area contributed by atoms with Crippen LogP contribution in [-0.4, -0.2) is 11.3 Å². The van der Waals surface area contributed by atoms with Crippen LogP contribution in [0.1, 0.15) is 10.4 Å². The quantitative estimate of drug-likeness (QED) is 0.590. The van der Waals surface area contributed by atoms with Gasteiger partial charge in [-0.15, -0.1) is 0 Å². The number of carbonyl (C=O) groups excluding carboxylic acids is 1. The van der Waals surface area contributed by atoms with Crippen molar-refractivity contribution in [3.05, 3.63) is 42.1 Å². The third-order valence-electron chi connectivity index (χ3n) is 1.65. The van der Waals surface area contributed by atoms with Crippen LogP contribution in [0, 0.1) is 6.07 Å². The van der Waals surface area contributed by atoms with Gasteiger partial charge >= 0.3 is 0 Å². The Morgan fingerprint density at radius 2 is 2.17 bits per heavy atom. The number of para-hydroxylation sites is 1. The van der Waals surface area contributed by atoms with Crippen molar-refractivity contribution in [1.82, 2.24) is 4.98 Å². The highest BCUT2D eigenvalue weighted by molar-refractivity contribution is 5.84. The molecule has 0 atom stereocenters. The van der Waals surface area contributed by atoms with Gasteiger partial charge in [-0.05, 0) is 6.07 Å². The average molecular weight is 156 g/mol. The number of aldehydes is 1. The van der Waals surface area contributed by atoms with E-state index in [1.165, 1.54) is 6.20 Å². The zero-order chi connectivity index (χ0) is 8.39. The average Bonchev–Trinajstić information content (AvgIpc) is 2.17. The molecule has 0 saturated carbocycles. The number of benzene rings is 1. The van der Waals surface area contributed by atoms with E-state index in [0.717, 1.165) is 17.2 Å². The van der Waals surface area contributed by atoms with Crippen LogP contribution in [0.5, 0.6) is 0 Å². The molecule has 0 amide bonds. The monoisotopic (exact) mass is 156 g/mol. The Morgan fingerprint density at radius 1 is 1.33 bits per heavy atom. The topological polar surface area (TPSA) is 30.0 Å². The molecule has 0 fully saturated rings. The molecule has 12 heavy (non-hydrogen) atoms. The van der Waals surface area contributed by atoms with Crippen molar-refractivity contribution in [2.75, 3.05) is 0 Å². The largest absolute Gasteiger partial charge is 0.298 e. The minimum atomic E-state index is 0.494. The van der Waals surface area contributed by atoms with E-state index < -0.39 is 0 Å². The SMILES string of the molecule is O=Cc1[c]c2ccccc2nc1. The normalized spacial score (nSPS) is 10.0. The summed E-state index contributed by atoms with van der Waals surface area (Å²) in [5.41, 5.74) is 1.36. The van der Waals surface area contributed by atoms with Crippen LogP contribution in [0.4, 0.5) is 0 Å². The maximum Gasteiger partial charge on any atom is 0.152 e. The van der Waals surface area contributed by atoms with E-state index >= 15 is 0 Å². The van der Waals surface area contributed by atoms with Crippen molar-refractivity contribution >= 4 is 17.2 Å². The van der Waals surface area contributed by atoms with Gasteiger partial charge in [-0.25, -0.2) is 0 Å². The summed E-state index contributed by atoms with van der Waals surface area (Å²) in [6.07, 6.45) is 2.27. The van der Waals surface area contributed by atoms with E-state index in [4.69, 9.17) is 0 Å². The Balaban J connectivity index is 2.75. The van der Waals surface area contributed by atoms with Crippen molar-refractivity contribution in [2.45, 2.75) is 0 Å². The first-order valence-electron chi connectivity index (χ1n) is 3.62. The molecular formula is C10H6NO. The summed E-state index contributed by atoms with van der Waals surface area (Å²) in [4.78, 5) is 14.5. The van der Waals surface area contributed by atoms with Crippen molar-refractivity contribution in [3.8, 4) is 0 Å². The van der Waals surface area contributed by atoms with Gasteiger partial charge in [0.25, 0.3) is 0 Å². The fraction of sp³-hybridized carbons (Fsp3) is 0. The lowest BCUT2D eigenvalue weighted by Gasteiger charge is -1.94. The van der Waals surface area contributed by atoms with E-state index in [1.807, 2.05) is 24.3 Å². The lowest BCUT2D eigenvalue weighted by molar-refractivity contribution is 0.112. The van der Waals surface area contributed by atoms with Crippen molar-refractivity contribution in [1.29, 1.82) is 0 Å². The van der Waals surface area contributed by atoms with Crippen molar-refractivity contribution in [2.24, 2.45) is 0 Å². The molecule has 0 spiro atoms. The fourth-order valence-electron chi connectivity index (χ4n) is 1.08. The zero-order valence-electron chi connectivity index (χ0n) is 6.32. The Kier molecular flexibility index (Phi) is 1.59. The molecule has 0 N–H and O–H groups in total. The number of aromatic nitrogens is 1. The molecule has 1 aromatic carbocycles. The first-order chi connectivity index (χ1) is 5.90. The molecule has 2 aromatic rings. The molecule has 1 heterocycles. The molecule has 0 bridgehead atoms. The number of fused-ring (bicyclic) bond motifs is 1. The lowest BCUT2D eigenvalue weighted by atomic mass is 10.2. The predicted octanol–water partition coefficient (Wildman–Crippen LogP) is 1.85. The molecule has 1 aromatic heterocycles. The van der Waals surface area contributed by atoms with E-state index in [1.54, 1.807) is 0 Å². The van der Waals surface area contributed by atoms with Crippen LogP contribution in [0.15, 0.2) is 30.5 Å².